The average molecular weight is 686 g/mol. The fourth-order valence-electron chi connectivity index (χ4n) is 9.03. The highest BCUT2D eigenvalue weighted by molar-refractivity contribution is 5.91. The van der Waals surface area contributed by atoms with E-state index in [1.54, 1.807) is 4.90 Å². The first-order valence-corrected chi connectivity index (χ1v) is 18.7. The second-order valence-electron chi connectivity index (χ2n) is 16.6. The van der Waals surface area contributed by atoms with Gasteiger partial charge in [-0.15, -0.1) is 0 Å². The van der Waals surface area contributed by atoms with Crippen LogP contribution in [-0.2, 0) is 19.1 Å². The van der Waals surface area contributed by atoms with E-state index in [0.717, 1.165) is 57.7 Å². The second-order valence-corrected chi connectivity index (χ2v) is 16.6. The number of benzene rings is 1. The molecular formula is C38H57F2N5O4. The maximum absolute atomic E-state index is 15.5. The molecule has 49 heavy (non-hydrogen) atoms. The number of likely N-dealkylation sites (tertiary alicyclic amines) is 2. The fraction of sp³-hybridized carbons (Fsp3) is 0.763. The molecule has 1 aromatic carbocycles. The Morgan fingerprint density at radius 2 is 1.53 bits per heavy atom. The Morgan fingerprint density at radius 3 is 2.16 bits per heavy atom. The lowest BCUT2D eigenvalue weighted by Gasteiger charge is -2.42. The lowest BCUT2D eigenvalue weighted by Crippen LogP contribution is -2.54. The topological polar surface area (TPSA) is 76.6 Å². The molecule has 5 aliphatic rings. The van der Waals surface area contributed by atoms with Gasteiger partial charge in [-0.2, -0.15) is 0 Å². The van der Waals surface area contributed by atoms with Crippen molar-refractivity contribution in [3.8, 4) is 0 Å². The number of likely N-dealkylation sites (N-methyl/N-ethyl adjacent to an activating group) is 1. The van der Waals surface area contributed by atoms with Crippen LogP contribution in [-0.4, -0.2) is 132 Å². The number of halogens is 2. The van der Waals surface area contributed by atoms with Crippen molar-refractivity contribution in [3.63, 3.8) is 0 Å². The largest absolute Gasteiger partial charge is 0.381 e. The van der Waals surface area contributed by atoms with Crippen LogP contribution in [0.25, 0.3) is 0 Å². The summed E-state index contributed by atoms with van der Waals surface area (Å²) in [4.78, 5) is 53.9. The van der Waals surface area contributed by atoms with E-state index in [2.05, 4.69) is 21.6 Å². The molecule has 4 saturated heterocycles. The van der Waals surface area contributed by atoms with Gasteiger partial charge in [-0.1, -0.05) is 33.8 Å². The molecule has 6 rings (SSSR count). The van der Waals surface area contributed by atoms with Crippen LogP contribution in [0.3, 0.4) is 0 Å². The van der Waals surface area contributed by atoms with Gasteiger partial charge in [0.05, 0.1) is 12.0 Å². The van der Waals surface area contributed by atoms with E-state index in [1.165, 1.54) is 12.1 Å². The Morgan fingerprint density at radius 1 is 0.857 bits per heavy atom. The zero-order valence-electron chi connectivity index (χ0n) is 30.2. The summed E-state index contributed by atoms with van der Waals surface area (Å²) in [5.74, 6) is -1.94. The van der Waals surface area contributed by atoms with Crippen molar-refractivity contribution in [1.82, 2.24) is 24.5 Å². The van der Waals surface area contributed by atoms with Crippen LogP contribution in [0.5, 0.6) is 0 Å². The maximum atomic E-state index is 15.5. The lowest BCUT2D eigenvalue weighted by atomic mass is 9.84. The van der Waals surface area contributed by atoms with Gasteiger partial charge >= 0.3 is 0 Å². The highest BCUT2D eigenvalue weighted by atomic mass is 19.1. The number of hydrogen-bond donors (Lipinski definition) is 0. The third kappa shape index (κ3) is 7.83. The van der Waals surface area contributed by atoms with Gasteiger partial charge in [0, 0.05) is 88.5 Å². The number of carbonyl (C=O) groups is 3. The van der Waals surface area contributed by atoms with Crippen LogP contribution in [0.1, 0.15) is 84.1 Å². The molecule has 0 radical (unpaired) electrons. The average Bonchev–Trinajstić information content (AvgIpc) is 3.71. The van der Waals surface area contributed by atoms with Gasteiger partial charge in [0.2, 0.25) is 17.7 Å². The molecular weight excluding hydrogens is 628 g/mol. The summed E-state index contributed by atoms with van der Waals surface area (Å²) >= 11 is 0. The molecule has 3 amide bonds. The van der Waals surface area contributed by atoms with E-state index in [4.69, 9.17) is 4.74 Å². The number of nitrogens with zero attached hydrogens (tertiary/aromatic N) is 5. The molecule has 1 aromatic rings. The van der Waals surface area contributed by atoms with Crippen molar-refractivity contribution in [1.29, 1.82) is 0 Å². The Kier molecular flexibility index (Phi) is 11.0. The van der Waals surface area contributed by atoms with Crippen molar-refractivity contribution in [2.24, 2.45) is 17.3 Å². The molecule has 1 saturated carbocycles. The summed E-state index contributed by atoms with van der Waals surface area (Å²) in [5, 5.41) is 0. The number of rotatable bonds is 6. The molecule has 9 nitrogen and oxygen atoms in total. The molecule has 4 atom stereocenters. The zero-order valence-corrected chi connectivity index (χ0v) is 30.2. The van der Waals surface area contributed by atoms with Crippen LogP contribution < -0.4 is 0 Å². The molecule has 5 fully saturated rings. The summed E-state index contributed by atoms with van der Waals surface area (Å²) in [5.41, 5.74) is -0.272. The van der Waals surface area contributed by atoms with Crippen LogP contribution in [0.15, 0.2) is 18.2 Å². The lowest BCUT2D eigenvalue weighted by molar-refractivity contribution is -0.147. The number of piperazine rings is 1. The first kappa shape index (κ1) is 36.2. The van der Waals surface area contributed by atoms with E-state index in [-0.39, 0.29) is 42.4 Å². The van der Waals surface area contributed by atoms with E-state index in [1.807, 2.05) is 32.7 Å². The number of hydrogen-bond acceptors (Lipinski definition) is 6. The molecule has 0 unspecified atom stereocenters. The van der Waals surface area contributed by atoms with E-state index < -0.39 is 34.9 Å². The number of amides is 3. The molecule has 1 aliphatic carbocycles. The number of carbonyl (C=O) groups excluding carboxylic acids is 3. The highest BCUT2D eigenvalue weighted by Gasteiger charge is 2.51. The normalized spacial score (nSPS) is 30.9. The van der Waals surface area contributed by atoms with Crippen LogP contribution in [0, 0.1) is 28.9 Å². The van der Waals surface area contributed by atoms with Gasteiger partial charge in [0.15, 0.2) is 0 Å². The van der Waals surface area contributed by atoms with Crippen molar-refractivity contribution < 1.29 is 27.9 Å². The van der Waals surface area contributed by atoms with E-state index >= 15 is 9.18 Å². The summed E-state index contributed by atoms with van der Waals surface area (Å²) in [7, 11) is 2.04. The first-order chi connectivity index (χ1) is 23.3. The summed E-state index contributed by atoms with van der Waals surface area (Å²) in [6, 6.07) is 2.94. The Labute approximate surface area is 291 Å². The van der Waals surface area contributed by atoms with Crippen molar-refractivity contribution in [3.05, 3.63) is 35.4 Å². The Balaban J connectivity index is 1.34. The smallest absolute Gasteiger partial charge is 0.245 e. The molecule has 272 valence electrons. The Hall–Kier alpha value is -2.63. The first-order valence-electron chi connectivity index (χ1n) is 18.7. The van der Waals surface area contributed by atoms with Crippen LogP contribution in [0.2, 0.25) is 0 Å². The van der Waals surface area contributed by atoms with Gasteiger partial charge in [0.25, 0.3) is 0 Å². The minimum absolute atomic E-state index is 0.0619. The summed E-state index contributed by atoms with van der Waals surface area (Å²) in [6.07, 6.45) is 5.99. The quantitative estimate of drug-likeness (QED) is 0.444. The van der Waals surface area contributed by atoms with Crippen molar-refractivity contribution in [2.45, 2.75) is 103 Å². The third-order valence-electron chi connectivity index (χ3n) is 12.0. The van der Waals surface area contributed by atoms with E-state index in [9.17, 15) is 14.0 Å². The monoisotopic (exact) mass is 685 g/mol. The molecule has 4 heterocycles. The van der Waals surface area contributed by atoms with Crippen LogP contribution in [0.4, 0.5) is 8.78 Å². The molecule has 0 bridgehead atoms. The third-order valence-corrected chi connectivity index (χ3v) is 12.0. The SMILES string of the molecule is CN1CCN(C(=O)[C@@H]2C[C@H](N(C(=O)C(C)(C)C)[C@H]3CC[C@@H](C)CC3)CN2C(=O)[C@@H]2CN(C3CCOCC3)C[C@H]2c2ccc(F)cc2F)CC1. The second kappa shape index (κ2) is 14.9. The van der Waals surface area contributed by atoms with E-state index in [0.29, 0.717) is 57.3 Å². The van der Waals surface area contributed by atoms with Gasteiger partial charge in [-0.25, -0.2) is 8.78 Å². The van der Waals surface area contributed by atoms with Crippen molar-refractivity contribution in [2.75, 3.05) is 66.1 Å². The van der Waals surface area contributed by atoms with Gasteiger partial charge in [0.1, 0.15) is 17.7 Å². The standard InChI is InChI=1S/C38H57F2N5O4/c1-25-6-9-28(10-7-25)45(37(48)38(2,3)4)29-21-34(36(47)42-16-14-41(5)15-17-42)44(22-29)35(46)32-24-43(27-12-18-49-19-13-27)23-31(32)30-11-8-26(39)20-33(30)40/h8,11,20,25,27-29,31-32,34H,6-7,9-10,12-19,21-24H2,1-5H3/t25-,28+,29-,31-,32+,34-/m0/s1. The fourth-order valence-corrected chi connectivity index (χ4v) is 9.03. The predicted molar refractivity (Wildman–Crippen MR) is 184 cm³/mol. The molecule has 0 aromatic heterocycles. The van der Waals surface area contributed by atoms with Crippen molar-refractivity contribution >= 4 is 17.7 Å². The summed E-state index contributed by atoms with van der Waals surface area (Å²) in [6.45, 7) is 13.3. The molecule has 4 aliphatic heterocycles. The van der Waals surface area contributed by atoms with Gasteiger partial charge in [-0.3, -0.25) is 19.3 Å². The molecule has 0 spiro atoms. The van der Waals surface area contributed by atoms with Crippen LogP contribution >= 0.6 is 0 Å². The maximum Gasteiger partial charge on any atom is 0.245 e. The molecule has 0 N–H and O–H groups in total. The van der Waals surface area contributed by atoms with Gasteiger partial charge < -0.3 is 24.3 Å². The highest BCUT2D eigenvalue weighted by Crippen LogP contribution is 2.41. The Bertz CT molecular complexity index is 1350. The molecule has 11 heteroatoms. The summed E-state index contributed by atoms with van der Waals surface area (Å²) < 4.78 is 35.1. The zero-order chi connectivity index (χ0) is 35.0. The predicted octanol–water partition coefficient (Wildman–Crippen LogP) is 4.36. The minimum atomic E-state index is -0.700. The number of ether oxygens (including phenoxy) is 1. The minimum Gasteiger partial charge on any atom is -0.381 e. The van der Waals surface area contributed by atoms with Gasteiger partial charge in [-0.05, 0) is 69.5 Å².